The third-order valence-corrected chi connectivity index (χ3v) is 4.25. The third kappa shape index (κ3) is 3.52. The molecule has 1 unspecified atom stereocenters. The van der Waals surface area contributed by atoms with Gasteiger partial charge < -0.3 is 16.0 Å². The summed E-state index contributed by atoms with van der Waals surface area (Å²) in [5.41, 5.74) is 5.73. The van der Waals surface area contributed by atoms with Crippen molar-refractivity contribution in [3.63, 3.8) is 0 Å². The Kier molecular flexibility index (Phi) is 4.28. The first-order chi connectivity index (χ1) is 11.8. The molecule has 4 N–H and O–H groups in total. The molecule has 25 heavy (non-hydrogen) atoms. The number of aryl methyl sites for hydroxylation is 1. The molecule has 1 amide bonds. The van der Waals surface area contributed by atoms with Crippen molar-refractivity contribution in [2.75, 3.05) is 5.73 Å². The molecule has 8 heteroatoms. The zero-order chi connectivity index (χ0) is 18.2. The SMILES string of the molecule is Nc1ccc2c(c1)CCCC2NC(=O)c1ccc(C(F)(F)F)[nH]c1=O. The maximum absolute atomic E-state index is 12.6. The first kappa shape index (κ1) is 17.1. The average molecular weight is 351 g/mol. The first-order valence-corrected chi connectivity index (χ1v) is 7.75. The summed E-state index contributed by atoms with van der Waals surface area (Å²) in [4.78, 5) is 25.9. The van der Waals surface area contributed by atoms with E-state index in [0.29, 0.717) is 18.2 Å². The number of benzene rings is 1. The van der Waals surface area contributed by atoms with Crippen molar-refractivity contribution in [2.45, 2.75) is 31.5 Å². The molecule has 0 spiro atoms. The molecule has 1 aromatic carbocycles. The molecule has 1 heterocycles. The highest BCUT2D eigenvalue weighted by atomic mass is 19.4. The second kappa shape index (κ2) is 6.27. The van der Waals surface area contributed by atoms with E-state index in [1.54, 1.807) is 11.1 Å². The second-order valence-corrected chi connectivity index (χ2v) is 5.99. The lowest BCUT2D eigenvalue weighted by Crippen LogP contribution is -2.35. The highest BCUT2D eigenvalue weighted by Crippen LogP contribution is 2.31. The Bertz CT molecular complexity index is 874. The molecule has 0 radical (unpaired) electrons. The van der Waals surface area contributed by atoms with Crippen LogP contribution in [0.5, 0.6) is 0 Å². The number of anilines is 1. The van der Waals surface area contributed by atoms with E-state index < -0.39 is 23.3 Å². The maximum atomic E-state index is 12.6. The van der Waals surface area contributed by atoms with Crippen molar-refractivity contribution in [3.8, 4) is 0 Å². The number of alkyl halides is 3. The summed E-state index contributed by atoms with van der Waals surface area (Å²) in [6, 6.07) is 6.67. The van der Waals surface area contributed by atoms with Gasteiger partial charge >= 0.3 is 6.18 Å². The summed E-state index contributed by atoms with van der Waals surface area (Å²) < 4.78 is 37.8. The van der Waals surface area contributed by atoms with Gasteiger partial charge in [0.1, 0.15) is 11.3 Å². The summed E-state index contributed by atoms with van der Waals surface area (Å²) in [6.07, 6.45) is -2.31. The molecule has 0 saturated heterocycles. The molecule has 2 aromatic rings. The largest absolute Gasteiger partial charge is 0.431 e. The van der Waals surface area contributed by atoms with Gasteiger partial charge in [0.25, 0.3) is 11.5 Å². The monoisotopic (exact) mass is 351 g/mol. The minimum absolute atomic E-state index is 0.307. The topological polar surface area (TPSA) is 88.0 Å². The van der Waals surface area contributed by atoms with Gasteiger partial charge in [-0.05, 0) is 54.7 Å². The van der Waals surface area contributed by atoms with Crippen LogP contribution in [-0.2, 0) is 12.6 Å². The zero-order valence-electron chi connectivity index (χ0n) is 13.1. The number of aromatic nitrogens is 1. The van der Waals surface area contributed by atoms with Gasteiger partial charge in [-0.2, -0.15) is 13.2 Å². The van der Waals surface area contributed by atoms with Crippen LogP contribution in [0.1, 0.15) is 46.1 Å². The number of halogens is 3. The highest BCUT2D eigenvalue weighted by molar-refractivity contribution is 5.94. The number of hydrogen-bond acceptors (Lipinski definition) is 3. The highest BCUT2D eigenvalue weighted by Gasteiger charge is 2.32. The first-order valence-electron chi connectivity index (χ1n) is 7.75. The lowest BCUT2D eigenvalue weighted by Gasteiger charge is -2.26. The van der Waals surface area contributed by atoms with Crippen LogP contribution in [0.4, 0.5) is 18.9 Å². The van der Waals surface area contributed by atoms with Gasteiger partial charge in [-0.1, -0.05) is 6.07 Å². The number of carbonyl (C=O) groups is 1. The zero-order valence-corrected chi connectivity index (χ0v) is 13.1. The molecule has 0 fully saturated rings. The fraction of sp³-hybridized carbons (Fsp3) is 0.294. The van der Waals surface area contributed by atoms with Gasteiger partial charge in [-0.15, -0.1) is 0 Å². The van der Waals surface area contributed by atoms with Gasteiger partial charge in [0.15, 0.2) is 0 Å². The number of amides is 1. The number of rotatable bonds is 2. The van der Waals surface area contributed by atoms with Crippen molar-refractivity contribution in [1.82, 2.24) is 10.3 Å². The van der Waals surface area contributed by atoms with E-state index in [2.05, 4.69) is 5.32 Å². The number of nitrogens with one attached hydrogen (secondary N) is 2. The van der Waals surface area contributed by atoms with Crippen LogP contribution in [0.15, 0.2) is 35.1 Å². The molecular formula is C17H16F3N3O2. The number of nitrogens with two attached hydrogens (primary N) is 1. The normalized spacial score (nSPS) is 17.0. The molecule has 132 valence electrons. The Morgan fingerprint density at radius 3 is 2.68 bits per heavy atom. The molecule has 1 aliphatic carbocycles. The fourth-order valence-electron chi connectivity index (χ4n) is 3.04. The van der Waals surface area contributed by atoms with Crippen LogP contribution in [0.25, 0.3) is 0 Å². The van der Waals surface area contributed by atoms with E-state index in [9.17, 15) is 22.8 Å². The Balaban J connectivity index is 1.84. The summed E-state index contributed by atoms with van der Waals surface area (Å²) in [5, 5.41) is 2.73. The molecule has 3 rings (SSSR count). The minimum Gasteiger partial charge on any atom is -0.399 e. The molecule has 1 aromatic heterocycles. The molecule has 1 aliphatic rings. The number of fused-ring (bicyclic) bond motifs is 1. The molecule has 1 atom stereocenters. The van der Waals surface area contributed by atoms with E-state index in [0.717, 1.165) is 30.0 Å². The van der Waals surface area contributed by atoms with Gasteiger partial charge in [0, 0.05) is 5.69 Å². The molecule has 0 aliphatic heterocycles. The summed E-state index contributed by atoms with van der Waals surface area (Å²) in [6.45, 7) is 0. The minimum atomic E-state index is -4.67. The number of hydrogen-bond donors (Lipinski definition) is 3. The Morgan fingerprint density at radius 2 is 2.00 bits per heavy atom. The van der Waals surface area contributed by atoms with E-state index in [1.807, 2.05) is 12.1 Å². The van der Waals surface area contributed by atoms with Crippen molar-refractivity contribution in [3.05, 3.63) is 63.1 Å². The Morgan fingerprint density at radius 1 is 1.24 bits per heavy atom. The third-order valence-electron chi connectivity index (χ3n) is 4.25. The summed E-state index contributed by atoms with van der Waals surface area (Å²) in [5.74, 6) is -0.704. The van der Waals surface area contributed by atoms with Crippen molar-refractivity contribution >= 4 is 11.6 Å². The van der Waals surface area contributed by atoms with Crippen LogP contribution in [-0.4, -0.2) is 10.9 Å². The van der Waals surface area contributed by atoms with Crippen molar-refractivity contribution in [1.29, 1.82) is 0 Å². The van der Waals surface area contributed by atoms with Gasteiger partial charge in [-0.25, -0.2) is 0 Å². The predicted octanol–water partition coefficient (Wildman–Crippen LogP) is 2.78. The average Bonchev–Trinajstić information content (AvgIpc) is 2.53. The molecule has 0 bridgehead atoms. The van der Waals surface area contributed by atoms with Gasteiger partial charge in [0.05, 0.1) is 6.04 Å². The molecule has 5 nitrogen and oxygen atoms in total. The van der Waals surface area contributed by atoms with E-state index in [1.165, 1.54) is 0 Å². The Hall–Kier alpha value is -2.77. The summed E-state index contributed by atoms with van der Waals surface area (Å²) in [7, 11) is 0. The Labute approximate surface area is 141 Å². The van der Waals surface area contributed by atoms with Crippen LogP contribution in [0, 0.1) is 0 Å². The number of nitrogen functional groups attached to an aromatic ring is 1. The maximum Gasteiger partial charge on any atom is 0.431 e. The van der Waals surface area contributed by atoms with Crippen LogP contribution in [0.3, 0.4) is 0 Å². The van der Waals surface area contributed by atoms with E-state index in [4.69, 9.17) is 5.73 Å². The van der Waals surface area contributed by atoms with Crippen molar-refractivity contribution in [2.24, 2.45) is 0 Å². The number of aromatic amines is 1. The summed E-state index contributed by atoms with van der Waals surface area (Å²) >= 11 is 0. The lowest BCUT2D eigenvalue weighted by molar-refractivity contribution is -0.141. The van der Waals surface area contributed by atoms with Crippen LogP contribution in [0.2, 0.25) is 0 Å². The second-order valence-electron chi connectivity index (χ2n) is 5.99. The quantitative estimate of drug-likeness (QED) is 0.727. The van der Waals surface area contributed by atoms with Crippen LogP contribution >= 0.6 is 0 Å². The molecular weight excluding hydrogens is 335 g/mol. The van der Waals surface area contributed by atoms with Crippen molar-refractivity contribution < 1.29 is 18.0 Å². The number of H-pyrrole nitrogens is 1. The van der Waals surface area contributed by atoms with Crippen LogP contribution < -0.4 is 16.6 Å². The predicted molar refractivity (Wildman–Crippen MR) is 86.1 cm³/mol. The smallest absolute Gasteiger partial charge is 0.399 e. The standard InChI is InChI=1S/C17H16F3N3O2/c18-17(19,20)14-7-6-12(16(25)23-14)15(24)22-13-3-1-2-9-8-10(21)4-5-11(9)13/h4-8,13H,1-3,21H2,(H,22,24)(H,23,25). The van der Waals surface area contributed by atoms with Gasteiger partial charge in [0.2, 0.25) is 0 Å². The van der Waals surface area contributed by atoms with E-state index in [-0.39, 0.29) is 11.6 Å². The number of carbonyl (C=O) groups excluding carboxylic acids is 1. The van der Waals surface area contributed by atoms with Gasteiger partial charge in [-0.3, -0.25) is 9.59 Å². The molecule has 0 saturated carbocycles. The fourth-order valence-corrected chi connectivity index (χ4v) is 3.04. The number of pyridine rings is 1. The van der Waals surface area contributed by atoms with E-state index >= 15 is 0 Å². The lowest BCUT2D eigenvalue weighted by atomic mass is 9.87.